The Bertz CT molecular complexity index is 197. The van der Waals surface area contributed by atoms with Crippen molar-refractivity contribution < 1.29 is 8.42 Å². The molecule has 0 saturated heterocycles. The molecule has 0 aromatic rings. The van der Waals surface area contributed by atoms with E-state index in [0.29, 0.717) is 0 Å². The molecule has 0 radical (unpaired) electrons. The summed E-state index contributed by atoms with van der Waals surface area (Å²) in [6, 6.07) is 0.174. The zero-order chi connectivity index (χ0) is 7.07. The number of rotatable bonds is 2. The van der Waals surface area contributed by atoms with Crippen LogP contribution in [0.25, 0.3) is 0 Å². The predicted molar refractivity (Wildman–Crippen MR) is 35.6 cm³/mol. The molecule has 54 valence electrons. The van der Waals surface area contributed by atoms with Crippen molar-refractivity contribution in [1.29, 1.82) is 0 Å². The fraction of sp³-hybridized carbons (Fsp3) is 1.00. The summed E-state index contributed by atoms with van der Waals surface area (Å²) < 4.78 is 22.2. The predicted octanol–water partition coefficient (Wildman–Crippen LogP) is 0.564. The Balaban J connectivity index is 2.61. The molecule has 0 N–H and O–H groups in total. The van der Waals surface area contributed by atoms with Crippen LogP contribution in [0.4, 0.5) is 0 Å². The van der Waals surface area contributed by atoms with Gasteiger partial charge in [-0.1, -0.05) is 0 Å². The van der Waals surface area contributed by atoms with Gasteiger partial charge in [-0.25, -0.2) is 0 Å². The van der Waals surface area contributed by atoms with E-state index in [0.717, 1.165) is 12.8 Å². The van der Waals surface area contributed by atoms with E-state index in [9.17, 15) is 8.42 Å². The van der Waals surface area contributed by atoms with Crippen molar-refractivity contribution in [2.45, 2.75) is 18.9 Å². The minimum atomic E-state index is -3.43. The van der Waals surface area contributed by atoms with Gasteiger partial charge in [-0.3, -0.25) is 0 Å². The van der Waals surface area contributed by atoms with Crippen LogP contribution in [0, 0.1) is 0 Å². The highest BCUT2D eigenvalue weighted by Crippen LogP contribution is 2.28. The summed E-state index contributed by atoms with van der Waals surface area (Å²) in [5.74, 6) is 0. The summed E-state index contributed by atoms with van der Waals surface area (Å²) in [5.41, 5.74) is 0. The largest absolute Gasteiger partial charge is 0.299 e. The van der Waals surface area contributed by atoms with E-state index < -0.39 is 9.24 Å². The summed E-state index contributed by atoms with van der Waals surface area (Å²) in [7, 11) is 3.08. The van der Waals surface area contributed by atoms with E-state index in [1.807, 2.05) is 0 Å². The van der Waals surface area contributed by atoms with E-state index >= 15 is 0 Å². The lowest BCUT2D eigenvalue weighted by atomic mass is 10.7. The van der Waals surface area contributed by atoms with E-state index in [-0.39, 0.29) is 6.04 Å². The van der Waals surface area contributed by atoms with E-state index in [1.54, 1.807) is 0 Å². The molecule has 1 fully saturated rings. The normalized spacial score (nSPS) is 20.8. The van der Waals surface area contributed by atoms with Crippen molar-refractivity contribution in [2.75, 3.05) is 7.05 Å². The van der Waals surface area contributed by atoms with Gasteiger partial charge in [0, 0.05) is 23.8 Å². The van der Waals surface area contributed by atoms with Crippen LogP contribution in [-0.4, -0.2) is 25.8 Å². The van der Waals surface area contributed by atoms with Gasteiger partial charge in [-0.2, -0.15) is 12.7 Å². The lowest BCUT2D eigenvalue weighted by Crippen LogP contribution is -2.24. The van der Waals surface area contributed by atoms with Crippen LogP contribution in [0.5, 0.6) is 0 Å². The molecule has 1 aliphatic carbocycles. The molecule has 0 unspecified atom stereocenters. The molecule has 1 aliphatic rings. The van der Waals surface area contributed by atoms with Crippen LogP contribution in [0.2, 0.25) is 0 Å². The molecule has 1 saturated carbocycles. The summed E-state index contributed by atoms with van der Waals surface area (Å²) in [6.07, 6.45) is 1.89. The average Bonchev–Trinajstić information content (AvgIpc) is 2.40. The molecule has 5 heteroatoms. The van der Waals surface area contributed by atoms with Crippen LogP contribution in [0.1, 0.15) is 12.8 Å². The third-order valence-electron chi connectivity index (χ3n) is 1.41. The summed E-state index contributed by atoms with van der Waals surface area (Å²) in [5, 5.41) is 0. The zero-order valence-corrected chi connectivity index (χ0v) is 6.61. The number of halogens is 1. The Labute approximate surface area is 59.2 Å². The molecular formula is C4H8ClNO2S. The summed E-state index contributed by atoms with van der Waals surface area (Å²) in [6.45, 7) is 0. The van der Waals surface area contributed by atoms with Gasteiger partial charge in [0.05, 0.1) is 0 Å². The molecule has 1 rings (SSSR count). The molecular weight excluding hydrogens is 162 g/mol. The SMILES string of the molecule is CN(C1CC1)S(=O)(=O)Cl. The standard InChI is InChI=1S/C4H8ClNO2S/c1-6(4-2-3-4)9(5,7)8/h4H,2-3H2,1H3. The second-order valence-corrected chi connectivity index (χ2v) is 4.76. The first-order valence-electron chi connectivity index (χ1n) is 2.69. The van der Waals surface area contributed by atoms with Crippen LogP contribution < -0.4 is 0 Å². The van der Waals surface area contributed by atoms with Crippen molar-refractivity contribution in [1.82, 2.24) is 4.31 Å². The maximum absolute atomic E-state index is 10.5. The van der Waals surface area contributed by atoms with Gasteiger partial charge in [-0.15, -0.1) is 0 Å². The van der Waals surface area contributed by atoms with Gasteiger partial charge >= 0.3 is 0 Å². The maximum Gasteiger partial charge on any atom is 0.299 e. The Kier molecular flexibility index (Phi) is 1.71. The molecule has 0 amide bonds. The smallest absolute Gasteiger partial charge is 0.195 e. The Hall–Kier alpha value is 0.200. The third-order valence-corrected chi connectivity index (χ3v) is 3.04. The first-order valence-corrected chi connectivity index (χ1v) is 4.96. The van der Waals surface area contributed by atoms with E-state index in [1.165, 1.54) is 11.4 Å². The molecule has 0 aliphatic heterocycles. The quantitative estimate of drug-likeness (QED) is 0.567. The topological polar surface area (TPSA) is 37.4 Å². The fourth-order valence-corrected chi connectivity index (χ4v) is 1.52. The fourth-order valence-electron chi connectivity index (χ4n) is 0.616. The maximum atomic E-state index is 10.5. The molecule has 0 bridgehead atoms. The second-order valence-electron chi connectivity index (χ2n) is 2.19. The average molecular weight is 170 g/mol. The highest BCUT2D eigenvalue weighted by Gasteiger charge is 2.32. The Morgan fingerprint density at radius 1 is 1.56 bits per heavy atom. The number of hydrogen-bond acceptors (Lipinski definition) is 2. The van der Waals surface area contributed by atoms with Gasteiger partial charge in [0.25, 0.3) is 9.24 Å². The van der Waals surface area contributed by atoms with Gasteiger partial charge in [0.2, 0.25) is 0 Å². The lowest BCUT2D eigenvalue weighted by Gasteiger charge is -2.08. The van der Waals surface area contributed by atoms with Crippen LogP contribution in [0.3, 0.4) is 0 Å². The molecule has 3 nitrogen and oxygen atoms in total. The van der Waals surface area contributed by atoms with Gasteiger partial charge in [0.1, 0.15) is 0 Å². The molecule has 0 atom stereocenters. The highest BCUT2D eigenvalue weighted by atomic mass is 35.7. The minimum Gasteiger partial charge on any atom is -0.195 e. The highest BCUT2D eigenvalue weighted by molar-refractivity contribution is 8.11. The monoisotopic (exact) mass is 169 g/mol. The Morgan fingerprint density at radius 3 is 2.11 bits per heavy atom. The molecule has 0 aromatic heterocycles. The molecule has 0 spiro atoms. The zero-order valence-electron chi connectivity index (χ0n) is 5.04. The first kappa shape index (κ1) is 7.31. The molecule has 0 aromatic carbocycles. The van der Waals surface area contributed by atoms with Crippen LogP contribution in [0.15, 0.2) is 0 Å². The van der Waals surface area contributed by atoms with Gasteiger partial charge in [-0.05, 0) is 12.8 Å². The van der Waals surface area contributed by atoms with E-state index in [4.69, 9.17) is 10.7 Å². The lowest BCUT2D eigenvalue weighted by molar-refractivity contribution is 0.478. The molecule has 9 heavy (non-hydrogen) atoms. The van der Waals surface area contributed by atoms with Crippen molar-refractivity contribution >= 4 is 19.9 Å². The minimum absolute atomic E-state index is 0.174. The van der Waals surface area contributed by atoms with Crippen molar-refractivity contribution in [2.24, 2.45) is 0 Å². The summed E-state index contributed by atoms with van der Waals surface area (Å²) in [4.78, 5) is 0. The second kappa shape index (κ2) is 2.11. The third kappa shape index (κ3) is 1.81. The van der Waals surface area contributed by atoms with E-state index in [2.05, 4.69) is 0 Å². The van der Waals surface area contributed by atoms with Gasteiger partial charge < -0.3 is 0 Å². The number of nitrogens with zero attached hydrogens (tertiary/aromatic N) is 1. The van der Waals surface area contributed by atoms with Gasteiger partial charge in [0.15, 0.2) is 0 Å². The Morgan fingerprint density at radius 2 is 2.00 bits per heavy atom. The summed E-state index contributed by atoms with van der Waals surface area (Å²) >= 11 is 0. The van der Waals surface area contributed by atoms with Crippen molar-refractivity contribution in [3.63, 3.8) is 0 Å². The molecule has 0 heterocycles. The van der Waals surface area contributed by atoms with Crippen molar-refractivity contribution in [3.8, 4) is 0 Å². The number of hydrogen-bond donors (Lipinski definition) is 0. The van der Waals surface area contributed by atoms with Crippen molar-refractivity contribution in [3.05, 3.63) is 0 Å². The van der Waals surface area contributed by atoms with Crippen LogP contribution in [-0.2, 0) is 9.24 Å². The first-order chi connectivity index (χ1) is 4.02. The van der Waals surface area contributed by atoms with Crippen LogP contribution >= 0.6 is 10.7 Å².